The van der Waals surface area contributed by atoms with Crippen LogP contribution in [0.4, 0.5) is 0 Å². The molecule has 1 fully saturated rings. The standard InChI is InChI=1S/C25H29N3O4/c1-18-24(19(2)32-27-18)17-31-23-9-5-8-20(14-23)25(29)26-15-21-6-3-4-7-22(21)16-28-10-12-30-13-11-28/h3-9,14H,10-13,15-17H2,1-2H3,(H,26,29). The Hall–Kier alpha value is -3.16. The lowest BCUT2D eigenvalue weighted by atomic mass is 10.1. The van der Waals surface area contributed by atoms with Crippen LogP contribution in [-0.2, 0) is 24.4 Å². The minimum absolute atomic E-state index is 0.131. The first-order valence-electron chi connectivity index (χ1n) is 10.9. The van der Waals surface area contributed by atoms with Gasteiger partial charge in [-0.25, -0.2) is 0 Å². The summed E-state index contributed by atoms with van der Waals surface area (Å²) in [6, 6.07) is 15.5. The van der Waals surface area contributed by atoms with Crippen LogP contribution in [0.1, 0.15) is 38.5 Å². The second kappa shape index (κ2) is 10.4. The third-order valence-electron chi connectivity index (χ3n) is 5.72. The highest BCUT2D eigenvalue weighted by Crippen LogP contribution is 2.19. The predicted octanol–water partition coefficient (Wildman–Crippen LogP) is 3.63. The molecule has 1 amide bonds. The summed E-state index contributed by atoms with van der Waals surface area (Å²) in [6.07, 6.45) is 0. The summed E-state index contributed by atoms with van der Waals surface area (Å²) >= 11 is 0. The minimum Gasteiger partial charge on any atom is -0.489 e. The Morgan fingerprint density at radius 1 is 1.09 bits per heavy atom. The van der Waals surface area contributed by atoms with Crippen molar-refractivity contribution in [2.45, 2.75) is 33.5 Å². The molecule has 0 saturated carbocycles. The van der Waals surface area contributed by atoms with E-state index >= 15 is 0 Å². The molecule has 1 aromatic heterocycles. The van der Waals surface area contributed by atoms with E-state index in [1.165, 1.54) is 5.56 Å². The number of nitrogens with one attached hydrogen (secondary N) is 1. The van der Waals surface area contributed by atoms with Crippen LogP contribution in [0, 0.1) is 13.8 Å². The number of benzene rings is 2. The summed E-state index contributed by atoms with van der Waals surface area (Å²) in [5, 5.41) is 6.99. The number of ether oxygens (including phenoxy) is 2. The minimum atomic E-state index is -0.131. The average molecular weight is 436 g/mol. The molecule has 7 nitrogen and oxygen atoms in total. The zero-order valence-electron chi connectivity index (χ0n) is 18.6. The number of morpholine rings is 1. The third kappa shape index (κ3) is 5.55. The zero-order chi connectivity index (χ0) is 22.3. The molecule has 2 aromatic carbocycles. The van der Waals surface area contributed by atoms with Crippen LogP contribution < -0.4 is 10.1 Å². The summed E-state index contributed by atoms with van der Waals surface area (Å²) in [5.74, 6) is 1.24. The van der Waals surface area contributed by atoms with Gasteiger partial charge < -0.3 is 19.3 Å². The van der Waals surface area contributed by atoms with Crippen molar-refractivity contribution < 1.29 is 18.8 Å². The van der Waals surface area contributed by atoms with Crippen LogP contribution in [0.3, 0.4) is 0 Å². The SMILES string of the molecule is Cc1noc(C)c1COc1cccc(C(=O)NCc2ccccc2CN2CCOCC2)c1. The van der Waals surface area contributed by atoms with Gasteiger partial charge in [0.25, 0.3) is 5.91 Å². The van der Waals surface area contributed by atoms with E-state index in [4.69, 9.17) is 14.0 Å². The van der Waals surface area contributed by atoms with Gasteiger partial charge in [0.2, 0.25) is 0 Å². The van der Waals surface area contributed by atoms with Gasteiger partial charge >= 0.3 is 0 Å². The van der Waals surface area contributed by atoms with Crippen LogP contribution in [0.5, 0.6) is 5.75 Å². The molecule has 1 N–H and O–H groups in total. The fourth-order valence-electron chi connectivity index (χ4n) is 3.75. The zero-order valence-corrected chi connectivity index (χ0v) is 18.6. The summed E-state index contributed by atoms with van der Waals surface area (Å²) in [6.45, 7) is 8.84. The maximum Gasteiger partial charge on any atom is 0.251 e. The number of aryl methyl sites for hydroxylation is 2. The average Bonchev–Trinajstić information content (AvgIpc) is 3.15. The quantitative estimate of drug-likeness (QED) is 0.582. The fourth-order valence-corrected chi connectivity index (χ4v) is 3.75. The van der Waals surface area contributed by atoms with E-state index in [0.717, 1.165) is 55.4 Å². The van der Waals surface area contributed by atoms with Crippen molar-refractivity contribution in [2.24, 2.45) is 0 Å². The molecule has 0 bridgehead atoms. The maximum atomic E-state index is 12.8. The maximum absolute atomic E-state index is 12.8. The number of aromatic nitrogens is 1. The molecule has 0 unspecified atom stereocenters. The highest BCUT2D eigenvalue weighted by atomic mass is 16.5. The van der Waals surface area contributed by atoms with Crippen LogP contribution in [0.25, 0.3) is 0 Å². The molecule has 7 heteroatoms. The van der Waals surface area contributed by atoms with Gasteiger partial charge in [-0.2, -0.15) is 0 Å². The van der Waals surface area contributed by atoms with E-state index < -0.39 is 0 Å². The molecule has 0 aliphatic carbocycles. The summed E-state index contributed by atoms with van der Waals surface area (Å²) in [4.78, 5) is 15.2. The number of hydrogen-bond donors (Lipinski definition) is 1. The van der Waals surface area contributed by atoms with Crippen molar-refractivity contribution in [3.8, 4) is 5.75 Å². The molecule has 0 spiro atoms. The van der Waals surface area contributed by atoms with Crippen LogP contribution in [0.15, 0.2) is 53.1 Å². The topological polar surface area (TPSA) is 76.8 Å². The number of nitrogens with zero attached hydrogens (tertiary/aromatic N) is 2. The second-order valence-corrected chi connectivity index (χ2v) is 7.96. The molecule has 1 saturated heterocycles. The van der Waals surface area contributed by atoms with Crippen LogP contribution >= 0.6 is 0 Å². The fraction of sp³-hybridized carbons (Fsp3) is 0.360. The predicted molar refractivity (Wildman–Crippen MR) is 120 cm³/mol. The Labute approximate surface area is 188 Å². The molecular weight excluding hydrogens is 406 g/mol. The Balaban J connectivity index is 1.36. The number of carbonyl (C=O) groups excluding carboxylic acids is 1. The summed E-state index contributed by atoms with van der Waals surface area (Å²) < 4.78 is 16.5. The number of carbonyl (C=O) groups is 1. The molecule has 32 heavy (non-hydrogen) atoms. The van der Waals surface area contributed by atoms with Crippen molar-refractivity contribution in [2.75, 3.05) is 26.3 Å². The van der Waals surface area contributed by atoms with Crippen molar-refractivity contribution in [3.63, 3.8) is 0 Å². The largest absolute Gasteiger partial charge is 0.489 e. The summed E-state index contributed by atoms with van der Waals surface area (Å²) in [5.41, 5.74) is 4.65. The van der Waals surface area contributed by atoms with E-state index in [9.17, 15) is 4.79 Å². The lowest BCUT2D eigenvalue weighted by Crippen LogP contribution is -2.36. The molecule has 0 atom stereocenters. The Bertz CT molecular complexity index is 1040. The first kappa shape index (κ1) is 22.0. The molecule has 1 aliphatic heterocycles. The van der Waals surface area contributed by atoms with Crippen molar-refractivity contribution in [1.29, 1.82) is 0 Å². The van der Waals surface area contributed by atoms with E-state index in [0.29, 0.717) is 24.5 Å². The molecule has 4 rings (SSSR count). The van der Waals surface area contributed by atoms with Gasteiger partial charge in [0.15, 0.2) is 0 Å². The van der Waals surface area contributed by atoms with Gasteiger partial charge in [-0.05, 0) is 43.2 Å². The van der Waals surface area contributed by atoms with Crippen molar-refractivity contribution in [3.05, 3.63) is 82.2 Å². The third-order valence-corrected chi connectivity index (χ3v) is 5.72. The van der Waals surface area contributed by atoms with Gasteiger partial charge in [-0.3, -0.25) is 9.69 Å². The highest BCUT2D eigenvalue weighted by Gasteiger charge is 2.14. The van der Waals surface area contributed by atoms with Crippen LogP contribution in [0.2, 0.25) is 0 Å². The van der Waals surface area contributed by atoms with Gasteiger partial charge in [-0.1, -0.05) is 35.5 Å². The molecule has 3 aromatic rings. The monoisotopic (exact) mass is 435 g/mol. The number of amides is 1. The Morgan fingerprint density at radius 2 is 1.88 bits per heavy atom. The molecule has 0 radical (unpaired) electrons. The lowest BCUT2D eigenvalue weighted by molar-refractivity contribution is 0.0340. The highest BCUT2D eigenvalue weighted by molar-refractivity contribution is 5.94. The van der Waals surface area contributed by atoms with E-state index in [1.807, 2.05) is 38.1 Å². The van der Waals surface area contributed by atoms with Gasteiger partial charge in [0.05, 0.1) is 24.5 Å². The van der Waals surface area contributed by atoms with Gasteiger partial charge in [-0.15, -0.1) is 0 Å². The first-order valence-corrected chi connectivity index (χ1v) is 10.9. The number of rotatable bonds is 8. The smallest absolute Gasteiger partial charge is 0.251 e. The van der Waals surface area contributed by atoms with E-state index in [2.05, 4.69) is 27.5 Å². The molecular formula is C25H29N3O4. The second-order valence-electron chi connectivity index (χ2n) is 7.96. The Kier molecular flexibility index (Phi) is 7.19. The van der Waals surface area contributed by atoms with Crippen LogP contribution in [-0.4, -0.2) is 42.3 Å². The molecule has 168 valence electrons. The normalized spacial score (nSPS) is 14.3. The van der Waals surface area contributed by atoms with Crippen molar-refractivity contribution in [1.82, 2.24) is 15.4 Å². The molecule has 1 aliphatic rings. The lowest BCUT2D eigenvalue weighted by Gasteiger charge is -2.27. The van der Waals surface area contributed by atoms with E-state index in [1.54, 1.807) is 12.1 Å². The number of hydrogen-bond acceptors (Lipinski definition) is 6. The van der Waals surface area contributed by atoms with Gasteiger partial charge in [0, 0.05) is 31.7 Å². The van der Waals surface area contributed by atoms with Gasteiger partial charge in [0.1, 0.15) is 18.1 Å². The Morgan fingerprint density at radius 3 is 2.62 bits per heavy atom. The van der Waals surface area contributed by atoms with Crippen molar-refractivity contribution >= 4 is 5.91 Å². The molecule has 2 heterocycles. The van der Waals surface area contributed by atoms with E-state index in [-0.39, 0.29) is 5.91 Å². The first-order chi connectivity index (χ1) is 15.6. The summed E-state index contributed by atoms with van der Waals surface area (Å²) in [7, 11) is 0.